The fourth-order valence-corrected chi connectivity index (χ4v) is 3.17. The van der Waals surface area contributed by atoms with Gasteiger partial charge in [0.05, 0.1) is 6.61 Å². The topological polar surface area (TPSA) is 60.2 Å². The molecule has 4 rings (SSSR count). The van der Waals surface area contributed by atoms with Crippen LogP contribution in [0.25, 0.3) is 5.69 Å². The van der Waals surface area contributed by atoms with Gasteiger partial charge in [0, 0.05) is 29.4 Å². The standard InChI is InChI=1S/C21H22N4O2/c1-2-27-20-9-4-3-6-17(20)13-25(18-10-11-18)21(26)16-7-5-8-19(12-16)24-14-22-23-15-24/h3-9,12,14-15,18H,2,10-11,13H2,1H3. The first kappa shape index (κ1) is 17.3. The van der Waals surface area contributed by atoms with Gasteiger partial charge in [0.2, 0.25) is 0 Å². The molecule has 6 heteroatoms. The molecule has 1 amide bonds. The smallest absolute Gasteiger partial charge is 0.254 e. The van der Waals surface area contributed by atoms with E-state index in [9.17, 15) is 4.79 Å². The number of ether oxygens (including phenoxy) is 1. The molecule has 1 fully saturated rings. The number of carbonyl (C=O) groups is 1. The Morgan fingerprint density at radius 1 is 1.15 bits per heavy atom. The van der Waals surface area contributed by atoms with Crippen LogP contribution in [0, 0.1) is 0 Å². The van der Waals surface area contributed by atoms with E-state index in [-0.39, 0.29) is 5.91 Å². The van der Waals surface area contributed by atoms with Gasteiger partial charge in [-0.25, -0.2) is 0 Å². The number of hydrogen-bond acceptors (Lipinski definition) is 4. The van der Waals surface area contributed by atoms with Crippen molar-refractivity contribution in [2.45, 2.75) is 32.4 Å². The second-order valence-corrected chi connectivity index (χ2v) is 6.62. The number of carbonyl (C=O) groups excluding carboxylic acids is 1. The average Bonchev–Trinajstić information content (AvgIpc) is 3.39. The van der Waals surface area contributed by atoms with E-state index in [0.717, 1.165) is 29.8 Å². The Balaban J connectivity index is 1.60. The van der Waals surface area contributed by atoms with Crippen LogP contribution in [-0.2, 0) is 6.54 Å². The van der Waals surface area contributed by atoms with Crippen LogP contribution in [0.15, 0.2) is 61.2 Å². The van der Waals surface area contributed by atoms with Crippen LogP contribution in [0.5, 0.6) is 5.75 Å². The van der Waals surface area contributed by atoms with Gasteiger partial charge in [-0.3, -0.25) is 9.36 Å². The van der Waals surface area contributed by atoms with Crippen molar-refractivity contribution in [3.63, 3.8) is 0 Å². The predicted molar refractivity (Wildman–Crippen MR) is 102 cm³/mol. The van der Waals surface area contributed by atoms with Gasteiger partial charge in [-0.2, -0.15) is 0 Å². The van der Waals surface area contributed by atoms with E-state index in [2.05, 4.69) is 10.2 Å². The molecule has 0 atom stereocenters. The maximum Gasteiger partial charge on any atom is 0.254 e. The number of para-hydroxylation sites is 1. The first-order chi connectivity index (χ1) is 13.3. The summed E-state index contributed by atoms with van der Waals surface area (Å²) >= 11 is 0. The van der Waals surface area contributed by atoms with Crippen molar-refractivity contribution in [2.24, 2.45) is 0 Å². The van der Waals surface area contributed by atoms with Crippen molar-refractivity contribution in [1.29, 1.82) is 0 Å². The van der Waals surface area contributed by atoms with Crippen molar-refractivity contribution < 1.29 is 9.53 Å². The quantitative estimate of drug-likeness (QED) is 0.646. The van der Waals surface area contributed by atoms with Crippen LogP contribution in [0.2, 0.25) is 0 Å². The van der Waals surface area contributed by atoms with Crippen molar-refractivity contribution in [2.75, 3.05) is 6.61 Å². The Morgan fingerprint density at radius 3 is 2.67 bits per heavy atom. The molecule has 0 aliphatic heterocycles. The molecule has 27 heavy (non-hydrogen) atoms. The van der Waals surface area contributed by atoms with Crippen LogP contribution < -0.4 is 4.74 Å². The van der Waals surface area contributed by atoms with Gasteiger partial charge < -0.3 is 9.64 Å². The molecule has 138 valence electrons. The number of hydrogen-bond donors (Lipinski definition) is 0. The highest BCUT2D eigenvalue weighted by molar-refractivity contribution is 5.95. The molecule has 1 aliphatic rings. The average molecular weight is 362 g/mol. The summed E-state index contributed by atoms with van der Waals surface area (Å²) in [4.78, 5) is 15.2. The fraction of sp³-hybridized carbons (Fsp3) is 0.286. The Kier molecular flexibility index (Phi) is 4.87. The van der Waals surface area contributed by atoms with Crippen LogP contribution in [0.4, 0.5) is 0 Å². The highest BCUT2D eigenvalue weighted by atomic mass is 16.5. The van der Waals surface area contributed by atoms with E-state index in [1.807, 2.05) is 60.4 Å². The molecular formula is C21H22N4O2. The molecule has 6 nitrogen and oxygen atoms in total. The van der Waals surface area contributed by atoms with Gasteiger partial charge in [0.25, 0.3) is 5.91 Å². The molecule has 3 aromatic rings. The summed E-state index contributed by atoms with van der Waals surface area (Å²) in [5, 5.41) is 7.67. The van der Waals surface area contributed by atoms with E-state index < -0.39 is 0 Å². The second kappa shape index (κ2) is 7.61. The van der Waals surface area contributed by atoms with Gasteiger partial charge >= 0.3 is 0 Å². The maximum atomic E-state index is 13.3. The number of nitrogens with zero attached hydrogens (tertiary/aromatic N) is 4. The molecule has 0 N–H and O–H groups in total. The Labute approximate surface area is 158 Å². The van der Waals surface area contributed by atoms with Crippen LogP contribution in [-0.4, -0.2) is 38.2 Å². The molecule has 0 unspecified atom stereocenters. The summed E-state index contributed by atoms with van der Waals surface area (Å²) in [6.45, 7) is 3.13. The summed E-state index contributed by atoms with van der Waals surface area (Å²) in [5.41, 5.74) is 2.58. The zero-order valence-corrected chi connectivity index (χ0v) is 15.3. The molecule has 0 radical (unpaired) electrons. The molecule has 0 bridgehead atoms. The molecule has 1 heterocycles. The number of aromatic nitrogens is 3. The molecule has 1 saturated carbocycles. The molecule has 1 aromatic heterocycles. The van der Waals surface area contributed by atoms with E-state index in [1.165, 1.54) is 0 Å². The summed E-state index contributed by atoms with van der Waals surface area (Å²) in [7, 11) is 0. The normalized spacial score (nSPS) is 13.4. The van der Waals surface area contributed by atoms with E-state index in [0.29, 0.717) is 24.8 Å². The lowest BCUT2D eigenvalue weighted by Gasteiger charge is -2.24. The first-order valence-electron chi connectivity index (χ1n) is 9.23. The number of rotatable bonds is 7. The third-order valence-electron chi connectivity index (χ3n) is 4.67. The Bertz CT molecular complexity index is 919. The largest absolute Gasteiger partial charge is 0.494 e. The monoisotopic (exact) mass is 362 g/mol. The zero-order chi connectivity index (χ0) is 18.6. The van der Waals surface area contributed by atoms with E-state index >= 15 is 0 Å². The lowest BCUT2D eigenvalue weighted by atomic mass is 10.1. The van der Waals surface area contributed by atoms with Crippen molar-refractivity contribution in [3.05, 3.63) is 72.3 Å². The SMILES string of the molecule is CCOc1ccccc1CN(C(=O)c1cccc(-n2cnnc2)c1)C1CC1. The predicted octanol–water partition coefficient (Wildman–Crippen LogP) is 3.47. The molecule has 0 spiro atoms. The third-order valence-corrected chi connectivity index (χ3v) is 4.67. The third kappa shape index (κ3) is 3.84. The van der Waals surface area contributed by atoms with Gasteiger partial charge in [-0.05, 0) is 44.0 Å². The number of benzene rings is 2. The maximum absolute atomic E-state index is 13.3. The Morgan fingerprint density at radius 2 is 1.93 bits per heavy atom. The summed E-state index contributed by atoms with van der Waals surface area (Å²) in [6, 6.07) is 15.8. The minimum atomic E-state index is 0.0405. The van der Waals surface area contributed by atoms with Gasteiger partial charge in [0.1, 0.15) is 18.4 Å². The highest BCUT2D eigenvalue weighted by Crippen LogP contribution is 2.32. The fourth-order valence-electron chi connectivity index (χ4n) is 3.17. The van der Waals surface area contributed by atoms with Gasteiger partial charge in [-0.15, -0.1) is 10.2 Å². The Hall–Kier alpha value is -3.15. The molecular weight excluding hydrogens is 340 g/mol. The van der Waals surface area contributed by atoms with Crippen LogP contribution in [0.3, 0.4) is 0 Å². The van der Waals surface area contributed by atoms with Gasteiger partial charge in [0.15, 0.2) is 0 Å². The molecule has 1 aliphatic carbocycles. The lowest BCUT2D eigenvalue weighted by molar-refractivity contribution is 0.0728. The summed E-state index contributed by atoms with van der Waals surface area (Å²) < 4.78 is 7.53. The summed E-state index contributed by atoms with van der Waals surface area (Å²) in [6.07, 6.45) is 5.35. The van der Waals surface area contributed by atoms with Crippen molar-refractivity contribution in [3.8, 4) is 11.4 Å². The summed E-state index contributed by atoms with van der Waals surface area (Å²) in [5.74, 6) is 0.885. The van der Waals surface area contributed by atoms with Crippen LogP contribution >= 0.6 is 0 Å². The van der Waals surface area contributed by atoms with Crippen LogP contribution in [0.1, 0.15) is 35.7 Å². The number of amides is 1. The highest BCUT2D eigenvalue weighted by Gasteiger charge is 2.33. The minimum Gasteiger partial charge on any atom is -0.494 e. The van der Waals surface area contributed by atoms with E-state index in [1.54, 1.807) is 17.2 Å². The van der Waals surface area contributed by atoms with Crippen molar-refractivity contribution >= 4 is 5.91 Å². The van der Waals surface area contributed by atoms with Gasteiger partial charge in [-0.1, -0.05) is 24.3 Å². The second-order valence-electron chi connectivity index (χ2n) is 6.62. The molecule has 0 saturated heterocycles. The minimum absolute atomic E-state index is 0.0405. The first-order valence-corrected chi connectivity index (χ1v) is 9.23. The van der Waals surface area contributed by atoms with E-state index in [4.69, 9.17) is 4.74 Å². The lowest BCUT2D eigenvalue weighted by Crippen LogP contribution is -2.32. The zero-order valence-electron chi connectivity index (χ0n) is 15.3. The molecule has 2 aromatic carbocycles. The van der Waals surface area contributed by atoms with Crippen molar-refractivity contribution in [1.82, 2.24) is 19.7 Å².